The first-order valence-corrected chi connectivity index (χ1v) is 6.08. The molecular formula is C12H26N2O. The number of morpholine rings is 1. The third-order valence-corrected chi connectivity index (χ3v) is 3.03. The Morgan fingerprint density at radius 3 is 2.80 bits per heavy atom. The lowest BCUT2D eigenvalue weighted by Gasteiger charge is -2.33. The summed E-state index contributed by atoms with van der Waals surface area (Å²) in [6.07, 6.45) is 2.81. The highest BCUT2D eigenvalue weighted by atomic mass is 16.5. The van der Waals surface area contributed by atoms with Crippen molar-refractivity contribution in [3.63, 3.8) is 0 Å². The predicted molar refractivity (Wildman–Crippen MR) is 64.2 cm³/mol. The summed E-state index contributed by atoms with van der Waals surface area (Å²) in [5.41, 5.74) is 0.244. The standard InChI is InChI=1S/C12H26N2O/c1-5-6-12(2,3)13-9-11-10-14(4)7-8-15-11/h11,13H,5-10H2,1-4H3. The quantitative estimate of drug-likeness (QED) is 0.750. The SMILES string of the molecule is CCCC(C)(C)NCC1CN(C)CCO1. The van der Waals surface area contributed by atoms with Crippen LogP contribution in [0.2, 0.25) is 0 Å². The van der Waals surface area contributed by atoms with Crippen molar-refractivity contribution in [1.29, 1.82) is 0 Å². The van der Waals surface area contributed by atoms with Gasteiger partial charge in [0.2, 0.25) is 0 Å². The van der Waals surface area contributed by atoms with E-state index in [0.717, 1.165) is 26.2 Å². The second-order valence-corrected chi connectivity index (χ2v) is 5.27. The van der Waals surface area contributed by atoms with Crippen LogP contribution < -0.4 is 5.32 Å². The molecule has 1 heterocycles. The summed E-state index contributed by atoms with van der Waals surface area (Å²) in [6, 6.07) is 0. The highest BCUT2D eigenvalue weighted by Crippen LogP contribution is 2.11. The Morgan fingerprint density at radius 1 is 1.47 bits per heavy atom. The summed E-state index contributed by atoms with van der Waals surface area (Å²) in [7, 11) is 2.16. The maximum atomic E-state index is 5.72. The van der Waals surface area contributed by atoms with Gasteiger partial charge in [-0.2, -0.15) is 0 Å². The molecule has 0 saturated carbocycles. The van der Waals surface area contributed by atoms with Crippen LogP contribution in [0.3, 0.4) is 0 Å². The smallest absolute Gasteiger partial charge is 0.0826 e. The molecule has 1 N–H and O–H groups in total. The molecule has 0 radical (unpaired) electrons. The fourth-order valence-corrected chi connectivity index (χ4v) is 2.09. The van der Waals surface area contributed by atoms with Crippen LogP contribution in [0.25, 0.3) is 0 Å². The topological polar surface area (TPSA) is 24.5 Å². The van der Waals surface area contributed by atoms with E-state index in [0.29, 0.717) is 6.10 Å². The molecule has 15 heavy (non-hydrogen) atoms. The molecule has 1 unspecified atom stereocenters. The first-order chi connectivity index (χ1) is 7.03. The Morgan fingerprint density at radius 2 is 2.20 bits per heavy atom. The molecule has 0 aliphatic carbocycles. The molecule has 3 heteroatoms. The van der Waals surface area contributed by atoms with Crippen LogP contribution in [0.5, 0.6) is 0 Å². The van der Waals surface area contributed by atoms with Gasteiger partial charge in [-0.3, -0.25) is 0 Å². The average molecular weight is 214 g/mol. The van der Waals surface area contributed by atoms with Crippen molar-refractivity contribution < 1.29 is 4.74 Å². The van der Waals surface area contributed by atoms with Gasteiger partial charge in [0.25, 0.3) is 0 Å². The third kappa shape index (κ3) is 4.96. The van der Waals surface area contributed by atoms with Crippen LogP contribution in [0.4, 0.5) is 0 Å². The van der Waals surface area contributed by atoms with Gasteiger partial charge in [0, 0.05) is 25.2 Å². The minimum Gasteiger partial charge on any atom is -0.374 e. The Hall–Kier alpha value is -0.120. The van der Waals surface area contributed by atoms with Gasteiger partial charge in [-0.1, -0.05) is 13.3 Å². The molecule has 3 nitrogen and oxygen atoms in total. The van der Waals surface area contributed by atoms with Crippen LogP contribution in [-0.2, 0) is 4.74 Å². The predicted octanol–water partition coefficient (Wildman–Crippen LogP) is 1.49. The molecule has 1 rings (SSSR count). The minimum absolute atomic E-state index is 0.244. The van der Waals surface area contributed by atoms with Crippen LogP contribution >= 0.6 is 0 Å². The van der Waals surface area contributed by atoms with Crippen LogP contribution in [0.1, 0.15) is 33.6 Å². The van der Waals surface area contributed by atoms with Crippen molar-refractivity contribution in [2.45, 2.75) is 45.3 Å². The number of nitrogens with one attached hydrogen (secondary N) is 1. The lowest BCUT2D eigenvalue weighted by molar-refractivity contribution is -0.0211. The molecule has 0 spiro atoms. The summed E-state index contributed by atoms with van der Waals surface area (Å²) in [5, 5.41) is 3.60. The normalized spacial score (nSPS) is 24.4. The molecule has 1 aliphatic rings. The number of hydrogen-bond acceptors (Lipinski definition) is 3. The van der Waals surface area contributed by atoms with Gasteiger partial charge in [-0.05, 0) is 27.3 Å². The number of hydrogen-bond donors (Lipinski definition) is 1. The van der Waals surface area contributed by atoms with Gasteiger partial charge in [0.15, 0.2) is 0 Å². The molecule has 0 bridgehead atoms. The summed E-state index contributed by atoms with van der Waals surface area (Å²) in [4.78, 5) is 2.34. The zero-order valence-corrected chi connectivity index (χ0v) is 10.7. The molecule has 1 atom stereocenters. The van der Waals surface area contributed by atoms with Crippen molar-refractivity contribution in [2.75, 3.05) is 33.3 Å². The van der Waals surface area contributed by atoms with Crippen LogP contribution in [0, 0.1) is 0 Å². The summed E-state index contributed by atoms with van der Waals surface area (Å²) in [5.74, 6) is 0. The minimum atomic E-state index is 0.244. The van der Waals surface area contributed by atoms with E-state index in [2.05, 4.69) is 38.0 Å². The van der Waals surface area contributed by atoms with Gasteiger partial charge in [-0.25, -0.2) is 0 Å². The molecule has 1 saturated heterocycles. The zero-order valence-electron chi connectivity index (χ0n) is 10.7. The lowest BCUT2D eigenvalue weighted by atomic mass is 9.99. The number of rotatable bonds is 5. The van der Waals surface area contributed by atoms with E-state index < -0.39 is 0 Å². The third-order valence-electron chi connectivity index (χ3n) is 3.03. The first-order valence-electron chi connectivity index (χ1n) is 6.08. The van der Waals surface area contributed by atoms with Crippen molar-refractivity contribution in [2.24, 2.45) is 0 Å². The summed E-state index contributed by atoms with van der Waals surface area (Å²) < 4.78 is 5.72. The van der Waals surface area contributed by atoms with E-state index >= 15 is 0 Å². The molecular weight excluding hydrogens is 188 g/mol. The van der Waals surface area contributed by atoms with E-state index in [1.165, 1.54) is 12.8 Å². The van der Waals surface area contributed by atoms with Crippen LogP contribution in [-0.4, -0.2) is 49.8 Å². The van der Waals surface area contributed by atoms with E-state index in [4.69, 9.17) is 4.74 Å². The van der Waals surface area contributed by atoms with Gasteiger partial charge in [0.1, 0.15) is 0 Å². The summed E-state index contributed by atoms with van der Waals surface area (Å²) in [6.45, 7) is 10.7. The van der Waals surface area contributed by atoms with Crippen molar-refractivity contribution >= 4 is 0 Å². The highest BCUT2D eigenvalue weighted by molar-refractivity contribution is 4.80. The Labute approximate surface area is 94.2 Å². The van der Waals surface area contributed by atoms with E-state index in [1.807, 2.05) is 0 Å². The lowest BCUT2D eigenvalue weighted by Crippen LogP contribution is -2.49. The molecule has 90 valence electrons. The van der Waals surface area contributed by atoms with Gasteiger partial charge in [0.05, 0.1) is 12.7 Å². The Bertz CT molecular complexity index is 182. The second kappa shape index (κ2) is 5.83. The average Bonchev–Trinajstić information content (AvgIpc) is 2.15. The van der Waals surface area contributed by atoms with E-state index in [1.54, 1.807) is 0 Å². The monoisotopic (exact) mass is 214 g/mol. The maximum Gasteiger partial charge on any atom is 0.0826 e. The number of nitrogens with zero attached hydrogens (tertiary/aromatic N) is 1. The Kier molecular flexibility index (Phi) is 5.03. The fourth-order valence-electron chi connectivity index (χ4n) is 2.09. The summed E-state index contributed by atoms with van der Waals surface area (Å²) >= 11 is 0. The van der Waals surface area contributed by atoms with Crippen molar-refractivity contribution in [3.8, 4) is 0 Å². The first kappa shape index (κ1) is 12.9. The van der Waals surface area contributed by atoms with Crippen LogP contribution in [0.15, 0.2) is 0 Å². The maximum absolute atomic E-state index is 5.72. The van der Waals surface area contributed by atoms with Gasteiger partial charge < -0.3 is 15.0 Å². The van der Waals surface area contributed by atoms with Crippen molar-refractivity contribution in [1.82, 2.24) is 10.2 Å². The molecule has 0 aromatic carbocycles. The van der Waals surface area contributed by atoms with Gasteiger partial charge in [-0.15, -0.1) is 0 Å². The van der Waals surface area contributed by atoms with Gasteiger partial charge >= 0.3 is 0 Å². The molecule has 0 aromatic heterocycles. The number of ether oxygens (including phenoxy) is 1. The fraction of sp³-hybridized carbons (Fsp3) is 1.00. The highest BCUT2D eigenvalue weighted by Gasteiger charge is 2.21. The largest absolute Gasteiger partial charge is 0.374 e. The molecule has 1 fully saturated rings. The molecule has 0 amide bonds. The molecule has 0 aromatic rings. The molecule has 1 aliphatic heterocycles. The second-order valence-electron chi connectivity index (χ2n) is 5.27. The Balaban J connectivity index is 2.23. The van der Waals surface area contributed by atoms with Crippen molar-refractivity contribution in [3.05, 3.63) is 0 Å². The van der Waals surface area contributed by atoms with E-state index in [-0.39, 0.29) is 5.54 Å². The zero-order chi connectivity index (χ0) is 11.3. The van der Waals surface area contributed by atoms with E-state index in [9.17, 15) is 0 Å². The number of likely N-dealkylation sites (N-methyl/N-ethyl adjacent to an activating group) is 1.